The number of hydrogen-bond acceptors (Lipinski definition) is 3. The van der Waals surface area contributed by atoms with Gasteiger partial charge in [0.15, 0.2) is 0 Å². The highest BCUT2D eigenvalue weighted by molar-refractivity contribution is 4.88. The molecule has 0 aromatic carbocycles. The van der Waals surface area contributed by atoms with Crippen LogP contribution in [0.3, 0.4) is 0 Å². The Morgan fingerprint density at radius 3 is 2.44 bits per heavy atom. The third kappa shape index (κ3) is 3.25. The van der Waals surface area contributed by atoms with E-state index < -0.39 is 0 Å². The summed E-state index contributed by atoms with van der Waals surface area (Å²) >= 11 is 0. The Morgan fingerprint density at radius 1 is 1.17 bits per heavy atom. The van der Waals surface area contributed by atoms with Gasteiger partial charge in [-0.25, -0.2) is 0 Å². The van der Waals surface area contributed by atoms with Crippen LogP contribution in [0.25, 0.3) is 0 Å². The van der Waals surface area contributed by atoms with Crippen molar-refractivity contribution in [3.05, 3.63) is 0 Å². The summed E-state index contributed by atoms with van der Waals surface area (Å²) in [4.78, 5) is 5.13. The topological polar surface area (TPSA) is 26.7 Å². The Hall–Kier alpha value is -0.120. The Labute approximate surface area is 112 Å². The van der Waals surface area contributed by atoms with Crippen LogP contribution in [0.5, 0.6) is 0 Å². The van der Waals surface area contributed by atoms with E-state index in [9.17, 15) is 5.11 Å². The molecule has 1 N–H and O–H groups in total. The lowest BCUT2D eigenvalue weighted by Gasteiger charge is -2.45. The van der Waals surface area contributed by atoms with E-state index in [4.69, 9.17) is 0 Å². The minimum atomic E-state index is -0.0867. The van der Waals surface area contributed by atoms with Crippen LogP contribution in [-0.2, 0) is 0 Å². The quantitative estimate of drug-likeness (QED) is 0.834. The molecule has 2 fully saturated rings. The predicted octanol–water partition coefficient (Wildman–Crippen LogP) is 1.95. The summed E-state index contributed by atoms with van der Waals surface area (Å²) in [5.41, 5.74) is 0. The Bertz CT molecular complexity index is 251. The van der Waals surface area contributed by atoms with E-state index in [1.54, 1.807) is 0 Å². The van der Waals surface area contributed by atoms with Gasteiger partial charge < -0.3 is 5.11 Å². The first-order valence-electron chi connectivity index (χ1n) is 7.78. The lowest BCUT2D eigenvalue weighted by Crippen LogP contribution is -2.56. The van der Waals surface area contributed by atoms with Crippen LogP contribution in [0.1, 0.15) is 46.5 Å². The third-order valence-corrected chi connectivity index (χ3v) is 5.08. The molecule has 1 heterocycles. The lowest BCUT2D eigenvalue weighted by atomic mass is 9.84. The molecular weight excluding hydrogens is 224 g/mol. The monoisotopic (exact) mass is 254 g/mol. The minimum absolute atomic E-state index is 0.0867. The molecule has 106 valence electrons. The molecule has 1 saturated carbocycles. The van der Waals surface area contributed by atoms with E-state index >= 15 is 0 Å². The van der Waals surface area contributed by atoms with Gasteiger partial charge in [0.2, 0.25) is 0 Å². The summed E-state index contributed by atoms with van der Waals surface area (Å²) in [6, 6.07) is 1.13. The van der Waals surface area contributed by atoms with Crippen LogP contribution >= 0.6 is 0 Å². The van der Waals surface area contributed by atoms with E-state index in [0.717, 1.165) is 25.4 Å². The molecule has 0 spiro atoms. The molecule has 0 bridgehead atoms. The lowest BCUT2D eigenvalue weighted by molar-refractivity contribution is -0.0201. The van der Waals surface area contributed by atoms with Crippen molar-refractivity contribution in [1.82, 2.24) is 9.80 Å². The van der Waals surface area contributed by atoms with Crippen LogP contribution in [0.15, 0.2) is 0 Å². The second kappa shape index (κ2) is 6.36. The number of hydrogen-bond donors (Lipinski definition) is 1. The molecule has 3 heteroatoms. The van der Waals surface area contributed by atoms with Crippen molar-refractivity contribution < 1.29 is 5.11 Å². The first-order chi connectivity index (χ1) is 8.61. The van der Waals surface area contributed by atoms with E-state index in [1.165, 1.54) is 32.4 Å². The second-order valence-electron chi connectivity index (χ2n) is 6.38. The number of aliphatic hydroxyl groups is 1. The van der Waals surface area contributed by atoms with E-state index in [0.29, 0.717) is 12.1 Å². The van der Waals surface area contributed by atoms with Gasteiger partial charge in [-0.2, -0.15) is 0 Å². The van der Waals surface area contributed by atoms with Crippen LogP contribution in [0.2, 0.25) is 0 Å². The van der Waals surface area contributed by atoms with Crippen LogP contribution in [0.4, 0.5) is 0 Å². The van der Waals surface area contributed by atoms with Crippen molar-refractivity contribution in [2.45, 2.75) is 64.6 Å². The molecule has 0 amide bonds. The largest absolute Gasteiger partial charge is 0.391 e. The van der Waals surface area contributed by atoms with Crippen molar-refractivity contribution in [2.24, 2.45) is 5.92 Å². The van der Waals surface area contributed by atoms with Gasteiger partial charge in [0.1, 0.15) is 0 Å². The second-order valence-corrected chi connectivity index (χ2v) is 6.38. The highest BCUT2D eigenvalue weighted by atomic mass is 16.3. The van der Waals surface area contributed by atoms with Crippen LogP contribution < -0.4 is 0 Å². The van der Waals surface area contributed by atoms with Crippen molar-refractivity contribution >= 4 is 0 Å². The Kier molecular flexibility index (Phi) is 5.05. The zero-order valence-electron chi connectivity index (χ0n) is 12.3. The van der Waals surface area contributed by atoms with Crippen molar-refractivity contribution in [2.75, 3.05) is 26.2 Å². The molecule has 1 saturated heterocycles. The van der Waals surface area contributed by atoms with E-state index in [2.05, 4.69) is 30.6 Å². The average Bonchev–Trinajstić information content (AvgIpc) is 2.41. The molecule has 3 nitrogen and oxygen atoms in total. The maximum absolute atomic E-state index is 10.2. The SMILES string of the molecule is CCC(C)N1CCN(C2CC(C)CCC2O)CC1. The Morgan fingerprint density at radius 2 is 1.83 bits per heavy atom. The summed E-state index contributed by atoms with van der Waals surface area (Å²) in [5.74, 6) is 0.783. The maximum atomic E-state index is 10.2. The van der Waals surface area contributed by atoms with Gasteiger partial charge in [-0.15, -0.1) is 0 Å². The first-order valence-corrected chi connectivity index (χ1v) is 7.78. The fraction of sp³-hybridized carbons (Fsp3) is 1.00. The van der Waals surface area contributed by atoms with E-state index in [-0.39, 0.29) is 6.10 Å². The van der Waals surface area contributed by atoms with Gasteiger partial charge in [0, 0.05) is 38.3 Å². The highest BCUT2D eigenvalue weighted by Gasteiger charge is 2.33. The normalized spacial score (nSPS) is 37.7. The number of piperazine rings is 1. The number of nitrogens with zero attached hydrogens (tertiary/aromatic N) is 2. The van der Waals surface area contributed by atoms with Gasteiger partial charge in [-0.05, 0) is 38.5 Å². The summed E-state index contributed by atoms with van der Waals surface area (Å²) in [5, 5.41) is 10.2. The maximum Gasteiger partial charge on any atom is 0.0695 e. The summed E-state index contributed by atoms with van der Waals surface area (Å²) < 4.78 is 0. The Balaban J connectivity index is 1.85. The van der Waals surface area contributed by atoms with Gasteiger partial charge in [0.05, 0.1) is 6.10 Å². The zero-order chi connectivity index (χ0) is 13.1. The van der Waals surface area contributed by atoms with Crippen molar-refractivity contribution in [1.29, 1.82) is 0 Å². The van der Waals surface area contributed by atoms with Crippen molar-refractivity contribution in [3.63, 3.8) is 0 Å². The molecule has 0 aromatic rings. The zero-order valence-corrected chi connectivity index (χ0v) is 12.3. The third-order valence-electron chi connectivity index (χ3n) is 5.08. The molecule has 18 heavy (non-hydrogen) atoms. The smallest absolute Gasteiger partial charge is 0.0695 e. The van der Waals surface area contributed by atoms with Gasteiger partial charge in [-0.1, -0.05) is 13.8 Å². The first kappa shape index (κ1) is 14.3. The van der Waals surface area contributed by atoms with Gasteiger partial charge in [0.25, 0.3) is 0 Å². The van der Waals surface area contributed by atoms with Gasteiger partial charge >= 0.3 is 0 Å². The molecular formula is C15H30N2O. The molecule has 0 radical (unpaired) electrons. The summed E-state index contributed by atoms with van der Waals surface area (Å²) in [6.45, 7) is 11.5. The number of aliphatic hydroxyl groups excluding tert-OH is 1. The van der Waals surface area contributed by atoms with E-state index in [1.807, 2.05) is 0 Å². The molecule has 4 unspecified atom stereocenters. The molecule has 2 aliphatic rings. The highest BCUT2D eigenvalue weighted by Crippen LogP contribution is 2.28. The summed E-state index contributed by atoms with van der Waals surface area (Å²) in [6.07, 6.45) is 4.53. The minimum Gasteiger partial charge on any atom is -0.391 e. The number of rotatable bonds is 3. The standard InChI is InChI=1S/C15H30N2O/c1-4-13(3)16-7-9-17(10-8-16)14-11-12(2)5-6-15(14)18/h12-15,18H,4-11H2,1-3H3. The average molecular weight is 254 g/mol. The molecule has 1 aliphatic carbocycles. The molecule has 4 atom stereocenters. The van der Waals surface area contributed by atoms with Crippen LogP contribution in [0, 0.1) is 5.92 Å². The molecule has 1 aliphatic heterocycles. The van der Waals surface area contributed by atoms with Crippen LogP contribution in [-0.4, -0.2) is 59.3 Å². The fourth-order valence-electron chi connectivity index (χ4n) is 3.50. The predicted molar refractivity (Wildman–Crippen MR) is 75.7 cm³/mol. The fourth-order valence-corrected chi connectivity index (χ4v) is 3.50. The molecule has 0 aromatic heterocycles. The van der Waals surface area contributed by atoms with Crippen molar-refractivity contribution in [3.8, 4) is 0 Å². The summed E-state index contributed by atoms with van der Waals surface area (Å²) in [7, 11) is 0. The van der Waals surface area contributed by atoms with Gasteiger partial charge in [-0.3, -0.25) is 9.80 Å². The molecule has 2 rings (SSSR count).